The molecule has 0 aliphatic rings. The molecule has 0 aromatic carbocycles. The van der Waals surface area contributed by atoms with Gasteiger partial charge < -0.3 is 4.74 Å². The maximum Gasteiger partial charge on any atom is 0.319 e. The Bertz CT molecular complexity index is 511. The number of rotatable bonds is 4. The van der Waals surface area contributed by atoms with Crippen molar-refractivity contribution < 1.29 is 9.53 Å². The van der Waals surface area contributed by atoms with Gasteiger partial charge in [-0.05, 0) is 27.7 Å². The third-order valence-corrected chi connectivity index (χ3v) is 3.74. The Morgan fingerprint density at radius 3 is 2.67 bits per heavy atom. The summed E-state index contributed by atoms with van der Waals surface area (Å²) in [6.07, 6.45) is 0. The van der Waals surface area contributed by atoms with E-state index in [-0.39, 0.29) is 16.8 Å². The van der Waals surface area contributed by atoms with Gasteiger partial charge in [-0.1, -0.05) is 11.8 Å². The van der Waals surface area contributed by atoms with Crippen LogP contribution in [-0.2, 0) is 16.6 Å². The van der Waals surface area contributed by atoms with Crippen molar-refractivity contribution in [2.24, 2.45) is 7.05 Å². The lowest BCUT2D eigenvalue weighted by atomic mass is 10.3. The van der Waals surface area contributed by atoms with Crippen LogP contribution in [0.5, 0.6) is 0 Å². The fourth-order valence-corrected chi connectivity index (χ4v) is 2.28. The second kappa shape index (κ2) is 6.04. The number of aromatic nitrogens is 2. The highest BCUT2D eigenvalue weighted by molar-refractivity contribution is 8.00. The summed E-state index contributed by atoms with van der Waals surface area (Å²) in [7, 11) is 1.65. The van der Waals surface area contributed by atoms with Gasteiger partial charge in [0.2, 0.25) is 0 Å². The minimum Gasteiger partial charge on any atom is -0.465 e. The molecule has 0 aliphatic carbocycles. The van der Waals surface area contributed by atoms with E-state index in [0.29, 0.717) is 23.0 Å². The molecule has 1 unspecified atom stereocenters. The summed E-state index contributed by atoms with van der Waals surface area (Å²) in [5.74, 6) is -0.296. The van der Waals surface area contributed by atoms with E-state index in [0.717, 1.165) is 0 Å². The summed E-state index contributed by atoms with van der Waals surface area (Å²) >= 11 is 1.23. The van der Waals surface area contributed by atoms with Crippen molar-refractivity contribution in [3.8, 4) is 0 Å². The predicted molar refractivity (Wildman–Crippen MR) is 70.9 cm³/mol. The maximum atomic E-state index is 11.9. The average molecular weight is 270 g/mol. The smallest absolute Gasteiger partial charge is 0.319 e. The van der Waals surface area contributed by atoms with Gasteiger partial charge in [0.25, 0.3) is 5.56 Å². The normalized spacial score (nSPS) is 12.3. The number of hydrogen-bond donors (Lipinski definition) is 0. The van der Waals surface area contributed by atoms with Gasteiger partial charge in [-0.15, -0.1) is 0 Å². The van der Waals surface area contributed by atoms with Gasteiger partial charge in [0.1, 0.15) is 5.25 Å². The van der Waals surface area contributed by atoms with E-state index in [9.17, 15) is 9.59 Å². The highest BCUT2D eigenvalue weighted by Crippen LogP contribution is 2.21. The van der Waals surface area contributed by atoms with Gasteiger partial charge in [-0.2, -0.15) is 0 Å². The second-order valence-electron chi connectivity index (χ2n) is 3.98. The van der Waals surface area contributed by atoms with Crippen LogP contribution in [0.2, 0.25) is 0 Å². The molecule has 1 atom stereocenters. The Labute approximate surface area is 111 Å². The number of thioether (sulfide) groups is 1. The van der Waals surface area contributed by atoms with E-state index in [1.165, 1.54) is 16.3 Å². The molecule has 0 aliphatic heterocycles. The van der Waals surface area contributed by atoms with Crippen molar-refractivity contribution in [2.45, 2.75) is 38.1 Å². The van der Waals surface area contributed by atoms with Crippen LogP contribution in [0, 0.1) is 13.8 Å². The largest absolute Gasteiger partial charge is 0.465 e. The van der Waals surface area contributed by atoms with Gasteiger partial charge in [-0.25, -0.2) is 4.98 Å². The molecule has 100 valence electrons. The van der Waals surface area contributed by atoms with Crippen molar-refractivity contribution in [2.75, 3.05) is 6.61 Å². The monoisotopic (exact) mass is 270 g/mol. The number of nitrogens with zero attached hydrogens (tertiary/aromatic N) is 2. The van der Waals surface area contributed by atoms with Crippen molar-refractivity contribution in [1.82, 2.24) is 9.55 Å². The number of hydrogen-bond acceptors (Lipinski definition) is 5. The summed E-state index contributed by atoms with van der Waals surface area (Å²) in [5.41, 5.74) is 1.24. The van der Waals surface area contributed by atoms with Gasteiger partial charge in [0, 0.05) is 18.3 Å². The molecule has 0 amide bonds. The molecular formula is C12H18N2O3S. The first kappa shape index (κ1) is 14.8. The van der Waals surface area contributed by atoms with Gasteiger partial charge in [-0.3, -0.25) is 14.2 Å². The van der Waals surface area contributed by atoms with E-state index >= 15 is 0 Å². The number of carbonyl (C=O) groups is 1. The summed E-state index contributed by atoms with van der Waals surface area (Å²) in [5, 5.41) is 0.147. The van der Waals surface area contributed by atoms with Crippen LogP contribution >= 0.6 is 11.8 Å². The van der Waals surface area contributed by atoms with E-state index in [4.69, 9.17) is 4.74 Å². The molecule has 0 spiro atoms. The fraction of sp³-hybridized carbons (Fsp3) is 0.583. The molecule has 0 saturated heterocycles. The zero-order valence-electron chi connectivity index (χ0n) is 11.3. The Balaban J connectivity index is 2.99. The predicted octanol–water partition coefficient (Wildman–Crippen LogP) is 1.44. The van der Waals surface area contributed by atoms with Gasteiger partial charge in [0.05, 0.1) is 6.61 Å². The first-order chi connectivity index (χ1) is 8.38. The standard InChI is InChI=1S/C12H18N2O3S/c1-6-17-11(16)9(4)18-12-13-8(3)7(2)10(15)14(12)5/h9H,6H2,1-5H3. The second-order valence-corrected chi connectivity index (χ2v) is 5.29. The van der Waals surface area contributed by atoms with Gasteiger partial charge >= 0.3 is 5.97 Å². The summed E-state index contributed by atoms with van der Waals surface area (Å²) in [6, 6.07) is 0. The van der Waals surface area contributed by atoms with Crippen molar-refractivity contribution in [3.63, 3.8) is 0 Å². The number of carbonyl (C=O) groups excluding carboxylic acids is 1. The van der Waals surface area contributed by atoms with Crippen LogP contribution in [0.3, 0.4) is 0 Å². The number of ether oxygens (including phenoxy) is 1. The van der Waals surface area contributed by atoms with Crippen LogP contribution in [0.15, 0.2) is 9.95 Å². The molecule has 18 heavy (non-hydrogen) atoms. The molecule has 5 nitrogen and oxygen atoms in total. The summed E-state index contributed by atoms with van der Waals surface area (Å²) in [4.78, 5) is 27.8. The van der Waals surface area contributed by atoms with E-state index < -0.39 is 0 Å². The first-order valence-electron chi connectivity index (χ1n) is 5.76. The summed E-state index contributed by atoms with van der Waals surface area (Å²) < 4.78 is 6.39. The molecule has 1 aromatic heterocycles. The van der Waals surface area contributed by atoms with E-state index in [1.807, 2.05) is 0 Å². The van der Waals surface area contributed by atoms with E-state index in [1.54, 1.807) is 34.7 Å². The molecule has 1 heterocycles. The molecule has 0 radical (unpaired) electrons. The minimum absolute atomic E-state index is 0.0824. The lowest BCUT2D eigenvalue weighted by Gasteiger charge is -2.13. The Hall–Kier alpha value is -1.30. The number of esters is 1. The molecule has 0 bridgehead atoms. The first-order valence-corrected chi connectivity index (χ1v) is 6.64. The fourth-order valence-electron chi connectivity index (χ4n) is 1.37. The van der Waals surface area contributed by atoms with Crippen LogP contribution in [0.1, 0.15) is 25.1 Å². The third-order valence-electron chi connectivity index (χ3n) is 2.62. The minimum atomic E-state index is -0.384. The van der Waals surface area contributed by atoms with Crippen LogP contribution in [0.4, 0.5) is 0 Å². The Morgan fingerprint density at radius 1 is 1.50 bits per heavy atom. The summed E-state index contributed by atoms with van der Waals surface area (Å²) in [6.45, 7) is 7.38. The zero-order valence-corrected chi connectivity index (χ0v) is 12.1. The van der Waals surface area contributed by atoms with Gasteiger partial charge in [0.15, 0.2) is 5.16 Å². The Kier molecular flexibility index (Phi) is 4.95. The highest BCUT2D eigenvalue weighted by atomic mass is 32.2. The lowest BCUT2D eigenvalue weighted by Crippen LogP contribution is -2.25. The highest BCUT2D eigenvalue weighted by Gasteiger charge is 2.19. The molecule has 1 rings (SSSR count). The lowest BCUT2D eigenvalue weighted by molar-refractivity contribution is -0.142. The van der Waals surface area contributed by atoms with E-state index in [2.05, 4.69) is 4.98 Å². The van der Waals surface area contributed by atoms with Crippen molar-refractivity contribution >= 4 is 17.7 Å². The molecule has 0 saturated carbocycles. The van der Waals surface area contributed by atoms with Crippen LogP contribution in [-0.4, -0.2) is 27.4 Å². The van der Waals surface area contributed by atoms with Crippen molar-refractivity contribution in [3.05, 3.63) is 21.6 Å². The molecule has 0 fully saturated rings. The zero-order chi connectivity index (χ0) is 13.9. The van der Waals surface area contributed by atoms with Crippen molar-refractivity contribution in [1.29, 1.82) is 0 Å². The third kappa shape index (κ3) is 3.13. The SMILES string of the molecule is CCOC(=O)C(C)Sc1nc(C)c(C)c(=O)n1C. The average Bonchev–Trinajstić information content (AvgIpc) is 2.33. The number of aryl methyl sites for hydroxylation is 1. The van der Waals surface area contributed by atoms with Crippen LogP contribution in [0.25, 0.3) is 0 Å². The molecule has 1 aromatic rings. The maximum absolute atomic E-state index is 11.9. The molecule has 6 heteroatoms. The topological polar surface area (TPSA) is 61.2 Å². The molecule has 0 N–H and O–H groups in total. The molecular weight excluding hydrogens is 252 g/mol. The quantitative estimate of drug-likeness (QED) is 0.471. The Morgan fingerprint density at radius 2 is 2.11 bits per heavy atom. The van der Waals surface area contributed by atoms with Crippen LogP contribution < -0.4 is 5.56 Å².